The highest BCUT2D eigenvalue weighted by atomic mass is 16.5. The second-order valence-corrected chi connectivity index (χ2v) is 4.76. The van der Waals surface area contributed by atoms with Crippen LogP contribution in [0.25, 0.3) is 0 Å². The van der Waals surface area contributed by atoms with E-state index in [9.17, 15) is 9.90 Å². The summed E-state index contributed by atoms with van der Waals surface area (Å²) in [6.07, 6.45) is 1.44. The second-order valence-electron chi connectivity index (χ2n) is 4.76. The van der Waals surface area contributed by atoms with Crippen molar-refractivity contribution in [1.82, 2.24) is 10.5 Å². The van der Waals surface area contributed by atoms with Crippen LogP contribution in [0, 0.1) is 6.92 Å². The van der Waals surface area contributed by atoms with E-state index in [0.717, 1.165) is 11.1 Å². The Morgan fingerprint density at radius 3 is 3.00 bits per heavy atom. The predicted molar refractivity (Wildman–Crippen MR) is 67.6 cm³/mol. The first-order valence-corrected chi connectivity index (χ1v) is 6.15. The molecule has 1 amide bonds. The number of hydrogen-bond acceptors (Lipinski definition) is 4. The van der Waals surface area contributed by atoms with Gasteiger partial charge in [-0.15, -0.1) is 0 Å². The summed E-state index contributed by atoms with van der Waals surface area (Å²) >= 11 is 0. The normalized spacial score (nSPS) is 21.2. The molecule has 1 aliphatic carbocycles. The first-order chi connectivity index (χ1) is 9.16. The molecule has 1 aliphatic rings. The first kappa shape index (κ1) is 11.9. The molecule has 1 aromatic heterocycles. The molecule has 19 heavy (non-hydrogen) atoms. The number of rotatable bonds is 2. The van der Waals surface area contributed by atoms with E-state index in [2.05, 4.69) is 10.5 Å². The lowest BCUT2D eigenvalue weighted by atomic mass is 10.1. The zero-order chi connectivity index (χ0) is 13.4. The third-order valence-corrected chi connectivity index (χ3v) is 3.45. The van der Waals surface area contributed by atoms with Gasteiger partial charge in [-0.25, -0.2) is 0 Å². The number of aryl methyl sites for hydroxylation is 1. The Kier molecular flexibility index (Phi) is 2.83. The fraction of sp³-hybridized carbons (Fsp3) is 0.286. The first-order valence-electron chi connectivity index (χ1n) is 6.15. The number of aliphatic hydroxyl groups excluding tert-OH is 1. The highest BCUT2D eigenvalue weighted by molar-refractivity contribution is 5.93. The Balaban J connectivity index is 1.84. The van der Waals surface area contributed by atoms with Crippen LogP contribution < -0.4 is 5.32 Å². The van der Waals surface area contributed by atoms with Gasteiger partial charge in [-0.2, -0.15) is 0 Å². The summed E-state index contributed by atoms with van der Waals surface area (Å²) in [5, 5.41) is 16.5. The highest BCUT2D eigenvalue weighted by Gasteiger charge is 2.32. The minimum Gasteiger partial charge on any atom is -0.390 e. The van der Waals surface area contributed by atoms with Crippen LogP contribution in [0.3, 0.4) is 0 Å². The van der Waals surface area contributed by atoms with Crippen molar-refractivity contribution in [3.05, 3.63) is 52.9 Å². The van der Waals surface area contributed by atoms with Crippen molar-refractivity contribution in [3.63, 3.8) is 0 Å². The predicted octanol–water partition coefficient (Wildman–Crippen LogP) is 1.37. The van der Waals surface area contributed by atoms with E-state index < -0.39 is 12.1 Å². The number of nitrogens with one attached hydrogen (secondary N) is 1. The fourth-order valence-electron chi connectivity index (χ4n) is 2.46. The molecule has 0 radical (unpaired) electrons. The zero-order valence-electron chi connectivity index (χ0n) is 10.5. The maximum Gasteiger partial charge on any atom is 0.290 e. The van der Waals surface area contributed by atoms with Gasteiger partial charge in [0, 0.05) is 12.0 Å². The van der Waals surface area contributed by atoms with Crippen molar-refractivity contribution in [3.8, 4) is 0 Å². The maximum atomic E-state index is 12.1. The third kappa shape index (κ3) is 2.02. The number of amides is 1. The van der Waals surface area contributed by atoms with Gasteiger partial charge < -0.3 is 14.9 Å². The molecule has 0 bridgehead atoms. The zero-order valence-corrected chi connectivity index (χ0v) is 10.5. The maximum absolute atomic E-state index is 12.1. The average molecular weight is 258 g/mol. The highest BCUT2D eigenvalue weighted by Crippen LogP contribution is 2.31. The van der Waals surface area contributed by atoms with Crippen molar-refractivity contribution in [2.24, 2.45) is 0 Å². The summed E-state index contributed by atoms with van der Waals surface area (Å²) in [4.78, 5) is 12.1. The van der Waals surface area contributed by atoms with Crippen LogP contribution in [0.5, 0.6) is 0 Å². The molecule has 2 N–H and O–H groups in total. The number of fused-ring (bicyclic) bond motifs is 1. The van der Waals surface area contributed by atoms with E-state index in [1.807, 2.05) is 24.3 Å². The van der Waals surface area contributed by atoms with Crippen LogP contribution in [-0.2, 0) is 6.42 Å². The van der Waals surface area contributed by atoms with Gasteiger partial charge >= 0.3 is 0 Å². The Labute approximate surface area is 110 Å². The van der Waals surface area contributed by atoms with Gasteiger partial charge in [0.2, 0.25) is 5.76 Å². The van der Waals surface area contributed by atoms with Crippen molar-refractivity contribution in [2.45, 2.75) is 25.5 Å². The molecule has 1 heterocycles. The molecule has 3 rings (SSSR count). The van der Waals surface area contributed by atoms with Gasteiger partial charge in [0.15, 0.2) is 0 Å². The molecule has 98 valence electrons. The van der Waals surface area contributed by atoms with Crippen molar-refractivity contribution in [1.29, 1.82) is 0 Å². The van der Waals surface area contributed by atoms with Crippen LogP contribution in [0.1, 0.15) is 33.3 Å². The molecular formula is C14H14N2O3. The lowest BCUT2D eigenvalue weighted by molar-refractivity contribution is 0.0822. The van der Waals surface area contributed by atoms with E-state index >= 15 is 0 Å². The summed E-state index contributed by atoms with van der Waals surface area (Å²) in [6.45, 7) is 1.75. The van der Waals surface area contributed by atoms with Crippen LogP contribution in [0.4, 0.5) is 0 Å². The average Bonchev–Trinajstić information content (AvgIpc) is 2.94. The van der Waals surface area contributed by atoms with Gasteiger partial charge in [-0.3, -0.25) is 4.79 Å². The number of benzene rings is 1. The topological polar surface area (TPSA) is 75.4 Å². The van der Waals surface area contributed by atoms with E-state index in [1.54, 1.807) is 6.92 Å². The minimum absolute atomic E-state index is 0.191. The number of hydrogen-bond donors (Lipinski definition) is 2. The second kappa shape index (κ2) is 4.51. The minimum atomic E-state index is -0.607. The van der Waals surface area contributed by atoms with Gasteiger partial charge in [0.25, 0.3) is 5.91 Å². The van der Waals surface area contributed by atoms with Gasteiger partial charge in [-0.1, -0.05) is 29.4 Å². The number of carbonyl (C=O) groups is 1. The Morgan fingerprint density at radius 1 is 1.47 bits per heavy atom. The van der Waals surface area contributed by atoms with Gasteiger partial charge in [0.1, 0.15) is 0 Å². The van der Waals surface area contributed by atoms with E-state index in [0.29, 0.717) is 12.0 Å². The quantitative estimate of drug-likeness (QED) is 0.853. The lowest BCUT2D eigenvalue weighted by Gasteiger charge is -2.17. The number of aromatic nitrogens is 1. The summed E-state index contributed by atoms with van der Waals surface area (Å²) in [5.41, 5.74) is 2.70. The molecule has 5 nitrogen and oxygen atoms in total. The summed E-state index contributed by atoms with van der Waals surface area (Å²) in [5.74, 6) is -0.160. The van der Waals surface area contributed by atoms with E-state index in [4.69, 9.17) is 4.52 Å². The van der Waals surface area contributed by atoms with Crippen LogP contribution >= 0.6 is 0 Å². The molecule has 0 saturated carbocycles. The smallest absolute Gasteiger partial charge is 0.290 e. The Hall–Kier alpha value is -2.14. The Morgan fingerprint density at radius 2 is 2.26 bits per heavy atom. The molecule has 0 unspecified atom stereocenters. The fourth-order valence-corrected chi connectivity index (χ4v) is 2.46. The monoisotopic (exact) mass is 258 g/mol. The largest absolute Gasteiger partial charge is 0.390 e. The Bertz CT molecular complexity index is 621. The van der Waals surface area contributed by atoms with E-state index in [1.165, 1.54) is 6.20 Å². The van der Waals surface area contributed by atoms with E-state index in [-0.39, 0.29) is 11.7 Å². The molecule has 2 atom stereocenters. The van der Waals surface area contributed by atoms with Crippen LogP contribution in [-0.4, -0.2) is 22.3 Å². The molecule has 0 aliphatic heterocycles. The third-order valence-electron chi connectivity index (χ3n) is 3.45. The number of carbonyl (C=O) groups excluding carboxylic acids is 1. The van der Waals surface area contributed by atoms with Crippen LogP contribution in [0.15, 0.2) is 35.0 Å². The van der Waals surface area contributed by atoms with Crippen molar-refractivity contribution in [2.75, 3.05) is 0 Å². The van der Waals surface area contributed by atoms with Gasteiger partial charge in [-0.05, 0) is 18.1 Å². The van der Waals surface area contributed by atoms with Crippen LogP contribution in [0.2, 0.25) is 0 Å². The SMILES string of the molecule is Cc1cnoc1C(=O)N[C@H]1c2ccccc2C[C@H]1O. The molecular weight excluding hydrogens is 244 g/mol. The summed E-state index contributed by atoms with van der Waals surface area (Å²) in [7, 11) is 0. The molecule has 1 aromatic carbocycles. The number of nitrogens with zero attached hydrogens (tertiary/aromatic N) is 1. The molecule has 0 spiro atoms. The van der Waals surface area contributed by atoms with Crippen molar-refractivity contribution < 1.29 is 14.4 Å². The van der Waals surface area contributed by atoms with Gasteiger partial charge in [0.05, 0.1) is 18.3 Å². The summed E-state index contributed by atoms with van der Waals surface area (Å²) in [6, 6.07) is 7.31. The van der Waals surface area contributed by atoms with Crippen molar-refractivity contribution >= 4 is 5.91 Å². The molecule has 0 saturated heterocycles. The lowest BCUT2D eigenvalue weighted by Crippen LogP contribution is -2.33. The standard InChI is InChI=1S/C14H14N2O3/c1-8-7-15-19-13(8)14(18)16-12-10-5-3-2-4-9(10)6-11(12)17/h2-5,7,11-12,17H,6H2,1H3,(H,16,18)/t11-,12+/m1/s1. The molecule has 0 fully saturated rings. The number of aliphatic hydroxyl groups is 1. The summed E-state index contributed by atoms with van der Waals surface area (Å²) < 4.78 is 4.92. The molecule has 2 aromatic rings. The molecule has 5 heteroatoms.